The number of aromatic nitrogens is 1. The maximum absolute atomic E-state index is 12.2. The summed E-state index contributed by atoms with van der Waals surface area (Å²) < 4.78 is 32.5. The first-order chi connectivity index (χ1) is 8.40. The van der Waals surface area contributed by atoms with Gasteiger partial charge in [0.05, 0.1) is 4.47 Å². The van der Waals surface area contributed by atoms with E-state index in [0.717, 1.165) is 0 Å². The Kier molecular flexibility index (Phi) is 3.45. The van der Waals surface area contributed by atoms with Gasteiger partial charge in [0.1, 0.15) is 16.4 Å². The summed E-state index contributed by atoms with van der Waals surface area (Å²) in [5, 5.41) is 0. The standard InChI is InChI=1S/C11H11BrN2O3S/c1-7-6-10(8(2)17-7)18(15,16)14-11-9(12)4-3-5-13-11/h3-6H,1-2H3,(H,13,14). The number of furan rings is 1. The average molecular weight is 331 g/mol. The van der Waals surface area contributed by atoms with E-state index in [-0.39, 0.29) is 10.7 Å². The molecule has 2 rings (SSSR count). The molecule has 1 N–H and O–H groups in total. The highest BCUT2D eigenvalue weighted by atomic mass is 79.9. The van der Waals surface area contributed by atoms with Crippen LogP contribution in [0, 0.1) is 13.8 Å². The van der Waals surface area contributed by atoms with Crippen molar-refractivity contribution < 1.29 is 12.8 Å². The SMILES string of the molecule is Cc1cc(S(=O)(=O)Nc2ncccc2Br)c(C)o1. The van der Waals surface area contributed by atoms with E-state index in [1.165, 1.54) is 12.3 Å². The summed E-state index contributed by atoms with van der Waals surface area (Å²) >= 11 is 3.23. The molecule has 96 valence electrons. The molecule has 0 aliphatic rings. The van der Waals surface area contributed by atoms with E-state index in [9.17, 15) is 8.42 Å². The number of nitrogens with one attached hydrogen (secondary N) is 1. The predicted octanol–water partition coefficient (Wildman–Crippen LogP) is 2.85. The summed E-state index contributed by atoms with van der Waals surface area (Å²) in [5.74, 6) is 1.15. The van der Waals surface area contributed by atoms with Crippen LogP contribution in [0.5, 0.6) is 0 Å². The van der Waals surface area contributed by atoms with E-state index < -0.39 is 10.0 Å². The zero-order chi connectivity index (χ0) is 13.3. The molecule has 0 aliphatic carbocycles. The van der Waals surface area contributed by atoms with Crippen molar-refractivity contribution in [1.82, 2.24) is 4.98 Å². The molecule has 0 radical (unpaired) electrons. The van der Waals surface area contributed by atoms with Crippen LogP contribution >= 0.6 is 15.9 Å². The maximum Gasteiger partial charge on any atom is 0.266 e. The van der Waals surface area contributed by atoms with E-state index in [1.807, 2.05) is 0 Å². The fourth-order valence-electron chi connectivity index (χ4n) is 1.52. The Balaban J connectivity index is 2.40. The second-order valence-electron chi connectivity index (χ2n) is 3.72. The first-order valence-electron chi connectivity index (χ1n) is 5.10. The fourth-order valence-corrected chi connectivity index (χ4v) is 3.27. The van der Waals surface area contributed by atoms with Crippen molar-refractivity contribution in [3.05, 3.63) is 40.4 Å². The van der Waals surface area contributed by atoms with Crippen molar-refractivity contribution in [2.24, 2.45) is 0 Å². The number of rotatable bonds is 3. The number of hydrogen-bond donors (Lipinski definition) is 1. The third-order valence-electron chi connectivity index (χ3n) is 2.27. The molecule has 7 heteroatoms. The number of halogens is 1. The molecule has 5 nitrogen and oxygen atoms in total. The monoisotopic (exact) mass is 330 g/mol. The van der Waals surface area contributed by atoms with Gasteiger partial charge >= 0.3 is 0 Å². The number of nitrogens with zero attached hydrogens (tertiary/aromatic N) is 1. The van der Waals surface area contributed by atoms with Crippen LogP contribution in [0.1, 0.15) is 11.5 Å². The Hall–Kier alpha value is -1.34. The van der Waals surface area contributed by atoms with E-state index in [1.54, 1.807) is 26.0 Å². The molecule has 18 heavy (non-hydrogen) atoms. The molecular formula is C11H11BrN2O3S. The topological polar surface area (TPSA) is 72.2 Å². The van der Waals surface area contributed by atoms with Gasteiger partial charge < -0.3 is 4.42 Å². The van der Waals surface area contributed by atoms with Gasteiger partial charge in [-0.2, -0.15) is 0 Å². The van der Waals surface area contributed by atoms with Gasteiger partial charge in [-0.15, -0.1) is 0 Å². The normalized spacial score (nSPS) is 11.5. The Morgan fingerprint density at radius 2 is 2.11 bits per heavy atom. The van der Waals surface area contributed by atoms with E-state index >= 15 is 0 Å². The summed E-state index contributed by atoms with van der Waals surface area (Å²) in [6.45, 7) is 3.30. The van der Waals surface area contributed by atoms with Crippen LogP contribution < -0.4 is 4.72 Å². The van der Waals surface area contributed by atoms with E-state index in [2.05, 4.69) is 25.6 Å². The maximum atomic E-state index is 12.2. The van der Waals surface area contributed by atoms with Gasteiger partial charge in [-0.05, 0) is 41.9 Å². The lowest BCUT2D eigenvalue weighted by Crippen LogP contribution is -2.14. The first kappa shape index (κ1) is 13.1. The van der Waals surface area contributed by atoms with Gasteiger partial charge in [0.15, 0.2) is 5.82 Å². The molecular weight excluding hydrogens is 320 g/mol. The van der Waals surface area contributed by atoms with Crippen molar-refractivity contribution >= 4 is 31.8 Å². The zero-order valence-electron chi connectivity index (χ0n) is 9.77. The third kappa shape index (κ3) is 2.56. The fraction of sp³-hybridized carbons (Fsp3) is 0.182. The molecule has 0 aromatic carbocycles. The second-order valence-corrected chi connectivity index (χ2v) is 6.22. The molecule has 0 saturated heterocycles. The van der Waals surface area contributed by atoms with Crippen LogP contribution in [0.3, 0.4) is 0 Å². The minimum absolute atomic E-state index is 0.123. The summed E-state index contributed by atoms with van der Waals surface area (Å²) in [6, 6.07) is 4.89. The van der Waals surface area contributed by atoms with Gasteiger partial charge in [0, 0.05) is 12.3 Å². The summed E-state index contributed by atoms with van der Waals surface area (Å²) in [7, 11) is -3.68. The molecule has 2 aromatic heterocycles. The molecule has 0 saturated carbocycles. The highest BCUT2D eigenvalue weighted by molar-refractivity contribution is 9.10. The molecule has 0 bridgehead atoms. The first-order valence-corrected chi connectivity index (χ1v) is 7.38. The lowest BCUT2D eigenvalue weighted by molar-refractivity contribution is 0.496. The predicted molar refractivity (Wildman–Crippen MR) is 70.9 cm³/mol. The quantitative estimate of drug-likeness (QED) is 0.939. The van der Waals surface area contributed by atoms with Crippen LogP contribution in [-0.2, 0) is 10.0 Å². The van der Waals surface area contributed by atoms with Gasteiger partial charge in [-0.25, -0.2) is 13.4 Å². The lowest BCUT2D eigenvalue weighted by Gasteiger charge is -2.07. The minimum Gasteiger partial charge on any atom is -0.465 e. The number of aryl methyl sites for hydroxylation is 2. The van der Waals surface area contributed by atoms with Crippen LogP contribution in [0.4, 0.5) is 5.82 Å². The summed E-state index contributed by atoms with van der Waals surface area (Å²) in [5.41, 5.74) is 0. The lowest BCUT2D eigenvalue weighted by atomic mass is 10.4. The van der Waals surface area contributed by atoms with Crippen LogP contribution in [0.2, 0.25) is 0 Å². The molecule has 0 spiro atoms. The van der Waals surface area contributed by atoms with Gasteiger partial charge in [-0.3, -0.25) is 4.72 Å². The molecule has 2 aromatic rings. The van der Waals surface area contributed by atoms with Gasteiger partial charge in [-0.1, -0.05) is 0 Å². The van der Waals surface area contributed by atoms with Crippen molar-refractivity contribution in [2.75, 3.05) is 4.72 Å². The summed E-state index contributed by atoms with van der Waals surface area (Å²) in [6.07, 6.45) is 1.51. The van der Waals surface area contributed by atoms with Crippen LogP contribution in [0.15, 0.2) is 38.2 Å². The molecule has 0 aliphatic heterocycles. The van der Waals surface area contributed by atoms with Crippen LogP contribution in [0.25, 0.3) is 0 Å². The molecule has 0 amide bonds. The summed E-state index contributed by atoms with van der Waals surface area (Å²) in [4.78, 5) is 4.08. The Morgan fingerprint density at radius 1 is 1.39 bits per heavy atom. The van der Waals surface area contributed by atoms with E-state index in [0.29, 0.717) is 16.0 Å². The molecule has 0 fully saturated rings. The molecule has 0 atom stereocenters. The molecule has 0 unspecified atom stereocenters. The van der Waals surface area contributed by atoms with Crippen molar-refractivity contribution in [3.63, 3.8) is 0 Å². The highest BCUT2D eigenvalue weighted by Crippen LogP contribution is 2.25. The second kappa shape index (κ2) is 4.74. The Labute approximate surface area is 113 Å². The number of pyridine rings is 1. The highest BCUT2D eigenvalue weighted by Gasteiger charge is 2.21. The van der Waals surface area contributed by atoms with E-state index in [4.69, 9.17) is 4.42 Å². The average Bonchev–Trinajstić information content (AvgIpc) is 2.62. The van der Waals surface area contributed by atoms with Crippen molar-refractivity contribution in [2.45, 2.75) is 18.7 Å². The minimum atomic E-state index is -3.68. The number of hydrogen-bond acceptors (Lipinski definition) is 4. The van der Waals surface area contributed by atoms with Crippen molar-refractivity contribution in [3.8, 4) is 0 Å². The largest absolute Gasteiger partial charge is 0.465 e. The Bertz CT molecular complexity index is 679. The zero-order valence-corrected chi connectivity index (χ0v) is 12.2. The Morgan fingerprint density at radius 3 is 2.67 bits per heavy atom. The van der Waals surface area contributed by atoms with Crippen molar-refractivity contribution in [1.29, 1.82) is 0 Å². The number of anilines is 1. The third-order valence-corrected chi connectivity index (χ3v) is 4.36. The number of sulfonamides is 1. The molecule has 2 heterocycles. The smallest absolute Gasteiger partial charge is 0.266 e. The van der Waals surface area contributed by atoms with Gasteiger partial charge in [0.25, 0.3) is 10.0 Å². The van der Waals surface area contributed by atoms with Crippen LogP contribution in [-0.4, -0.2) is 13.4 Å². The van der Waals surface area contributed by atoms with Gasteiger partial charge in [0.2, 0.25) is 0 Å².